The highest BCUT2D eigenvalue weighted by Gasteiger charge is 2.50. The summed E-state index contributed by atoms with van der Waals surface area (Å²) in [6, 6.07) is -0.237. The number of rotatable bonds is 2. The highest BCUT2D eigenvalue weighted by atomic mass is 16.2. The van der Waals surface area contributed by atoms with Crippen LogP contribution in [0, 0.1) is 11.8 Å². The molecule has 2 amide bonds. The molecule has 0 spiro atoms. The molecule has 19 heavy (non-hydrogen) atoms. The normalized spacial score (nSPS) is 40.2. The van der Waals surface area contributed by atoms with Crippen LogP contribution in [0.3, 0.4) is 0 Å². The van der Waals surface area contributed by atoms with Crippen molar-refractivity contribution in [1.29, 1.82) is 0 Å². The molecule has 4 nitrogen and oxygen atoms in total. The molecular formula is C15H24N2O2. The quantitative estimate of drug-likeness (QED) is 0.825. The third kappa shape index (κ3) is 2.26. The molecule has 0 aromatic heterocycles. The van der Waals surface area contributed by atoms with Crippen LogP contribution >= 0.6 is 0 Å². The number of nitrogens with zero attached hydrogens (tertiary/aromatic N) is 1. The van der Waals surface area contributed by atoms with Gasteiger partial charge in [0.2, 0.25) is 11.8 Å². The smallest absolute Gasteiger partial charge is 0.246 e. The first-order chi connectivity index (χ1) is 9.09. The minimum absolute atomic E-state index is 0.0364. The van der Waals surface area contributed by atoms with Crippen LogP contribution in [-0.4, -0.2) is 34.8 Å². The molecule has 3 rings (SSSR count). The first kappa shape index (κ1) is 12.9. The van der Waals surface area contributed by atoms with Gasteiger partial charge in [-0.15, -0.1) is 0 Å². The van der Waals surface area contributed by atoms with E-state index in [0.717, 1.165) is 19.3 Å². The zero-order chi connectivity index (χ0) is 13.6. The minimum atomic E-state index is -0.290. The van der Waals surface area contributed by atoms with Gasteiger partial charge in [0.25, 0.3) is 0 Å². The molecule has 4 heteroatoms. The van der Waals surface area contributed by atoms with Crippen molar-refractivity contribution in [3.05, 3.63) is 0 Å². The van der Waals surface area contributed by atoms with Crippen molar-refractivity contribution in [2.45, 2.75) is 70.5 Å². The van der Waals surface area contributed by atoms with E-state index < -0.39 is 0 Å². The number of hydrogen-bond donors (Lipinski definition) is 1. The molecule has 106 valence electrons. The third-order valence-electron chi connectivity index (χ3n) is 5.16. The molecule has 4 unspecified atom stereocenters. The molecule has 0 bridgehead atoms. The van der Waals surface area contributed by atoms with Crippen molar-refractivity contribution >= 4 is 11.8 Å². The van der Waals surface area contributed by atoms with Gasteiger partial charge in [-0.2, -0.15) is 0 Å². The Balaban J connectivity index is 1.77. The van der Waals surface area contributed by atoms with E-state index in [1.807, 2.05) is 11.8 Å². The standard InChI is InChI=1S/C15H24N2O2/c1-9-8-12(9)17-10(2)14(18)16-13(15(17)19)11-6-4-3-5-7-11/h9-13H,3-8H2,1-2H3,(H,16,18). The van der Waals surface area contributed by atoms with Crippen LogP contribution in [0.1, 0.15) is 52.4 Å². The summed E-state index contributed by atoms with van der Waals surface area (Å²) in [7, 11) is 0. The van der Waals surface area contributed by atoms with E-state index in [1.54, 1.807) is 0 Å². The number of hydrogen-bond acceptors (Lipinski definition) is 2. The molecule has 3 fully saturated rings. The Morgan fingerprint density at radius 2 is 1.74 bits per heavy atom. The van der Waals surface area contributed by atoms with Gasteiger partial charge in [0.1, 0.15) is 12.1 Å². The predicted molar refractivity (Wildman–Crippen MR) is 72.4 cm³/mol. The van der Waals surface area contributed by atoms with Crippen LogP contribution in [-0.2, 0) is 9.59 Å². The van der Waals surface area contributed by atoms with Gasteiger partial charge in [0.05, 0.1) is 0 Å². The van der Waals surface area contributed by atoms with E-state index in [2.05, 4.69) is 12.2 Å². The SMILES string of the molecule is CC1CC1N1C(=O)C(C2CCCCC2)NC(=O)C1C. The van der Waals surface area contributed by atoms with Crippen molar-refractivity contribution in [2.75, 3.05) is 0 Å². The van der Waals surface area contributed by atoms with Gasteiger partial charge in [0.15, 0.2) is 0 Å². The van der Waals surface area contributed by atoms with E-state index in [4.69, 9.17) is 0 Å². The van der Waals surface area contributed by atoms with Crippen LogP contribution in [0.25, 0.3) is 0 Å². The Morgan fingerprint density at radius 1 is 1.11 bits per heavy atom. The molecule has 2 aliphatic carbocycles. The van der Waals surface area contributed by atoms with Crippen molar-refractivity contribution in [1.82, 2.24) is 10.2 Å². The lowest BCUT2D eigenvalue weighted by molar-refractivity contribution is -0.151. The average molecular weight is 264 g/mol. The molecule has 0 aromatic carbocycles. The fourth-order valence-electron chi connectivity index (χ4n) is 3.74. The summed E-state index contributed by atoms with van der Waals surface area (Å²) in [6.07, 6.45) is 6.88. The number of carbonyl (C=O) groups excluding carboxylic acids is 2. The van der Waals surface area contributed by atoms with E-state index in [9.17, 15) is 9.59 Å². The molecule has 3 aliphatic rings. The van der Waals surface area contributed by atoms with Gasteiger partial charge in [-0.25, -0.2) is 0 Å². The Kier molecular flexibility index (Phi) is 3.27. The Labute approximate surface area is 114 Å². The first-order valence-electron chi connectivity index (χ1n) is 7.72. The summed E-state index contributed by atoms with van der Waals surface area (Å²) in [5.41, 5.74) is 0. The van der Waals surface area contributed by atoms with Crippen LogP contribution in [0.15, 0.2) is 0 Å². The van der Waals surface area contributed by atoms with Crippen molar-refractivity contribution in [3.8, 4) is 0 Å². The van der Waals surface area contributed by atoms with Crippen molar-refractivity contribution in [3.63, 3.8) is 0 Å². The minimum Gasteiger partial charge on any atom is -0.342 e. The highest BCUT2D eigenvalue weighted by Crippen LogP contribution is 2.39. The van der Waals surface area contributed by atoms with E-state index >= 15 is 0 Å². The molecule has 1 N–H and O–H groups in total. The zero-order valence-electron chi connectivity index (χ0n) is 11.9. The number of piperazine rings is 1. The van der Waals surface area contributed by atoms with Crippen molar-refractivity contribution < 1.29 is 9.59 Å². The summed E-state index contributed by atoms with van der Waals surface area (Å²) in [4.78, 5) is 26.7. The maximum Gasteiger partial charge on any atom is 0.246 e. The van der Waals surface area contributed by atoms with E-state index in [0.29, 0.717) is 17.9 Å². The second-order valence-electron chi connectivity index (χ2n) is 6.59. The van der Waals surface area contributed by atoms with Gasteiger partial charge in [-0.3, -0.25) is 9.59 Å². The van der Waals surface area contributed by atoms with Gasteiger partial charge >= 0.3 is 0 Å². The average Bonchev–Trinajstić information content (AvgIpc) is 3.12. The molecule has 1 heterocycles. The summed E-state index contributed by atoms with van der Waals surface area (Å²) < 4.78 is 0. The summed E-state index contributed by atoms with van der Waals surface area (Å²) >= 11 is 0. The summed E-state index contributed by atoms with van der Waals surface area (Å²) in [5, 5.41) is 2.98. The highest BCUT2D eigenvalue weighted by molar-refractivity contribution is 5.97. The Bertz CT molecular complexity index is 390. The topological polar surface area (TPSA) is 49.4 Å². The second-order valence-corrected chi connectivity index (χ2v) is 6.59. The van der Waals surface area contributed by atoms with Crippen LogP contribution in [0.2, 0.25) is 0 Å². The van der Waals surface area contributed by atoms with E-state index in [1.165, 1.54) is 19.3 Å². The number of nitrogens with one attached hydrogen (secondary N) is 1. The van der Waals surface area contributed by atoms with Gasteiger partial charge in [-0.05, 0) is 38.0 Å². The van der Waals surface area contributed by atoms with Crippen molar-refractivity contribution in [2.24, 2.45) is 11.8 Å². The largest absolute Gasteiger partial charge is 0.342 e. The summed E-state index contributed by atoms with van der Waals surface area (Å²) in [6.45, 7) is 4.02. The maximum absolute atomic E-state index is 12.7. The third-order valence-corrected chi connectivity index (χ3v) is 5.16. The van der Waals surface area contributed by atoms with Crippen LogP contribution in [0.5, 0.6) is 0 Å². The first-order valence-corrected chi connectivity index (χ1v) is 7.72. The fourth-order valence-corrected chi connectivity index (χ4v) is 3.74. The zero-order valence-corrected chi connectivity index (χ0v) is 11.9. The van der Waals surface area contributed by atoms with Gasteiger partial charge in [0, 0.05) is 6.04 Å². The van der Waals surface area contributed by atoms with Gasteiger partial charge < -0.3 is 10.2 Å². The lowest BCUT2D eigenvalue weighted by Crippen LogP contribution is -2.65. The fraction of sp³-hybridized carbons (Fsp3) is 0.867. The monoisotopic (exact) mass is 264 g/mol. The molecular weight excluding hydrogens is 240 g/mol. The van der Waals surface area contributed by atoms with E-state index in [-0.39, 0.29) is 23.9 Å². The Morgan fingerprint density at radius 3 is 2.32 bits per heavy atom. The summed E-state index contributed by atoms with van der Waals surface area (Å²) in [5.74, 6) is 1.13. The number of amides is 2. The molecule has 1 saturated heterocycles. The van der Waals surface area contributed by atoms with Crippen LogP contribution in [0.4, 0.5) is 0 Å². The predicted octanol–water partition coefficient (Wildman–Crippen LogP) is 1.69. The molecule has 0 aromatic rings. The maximum atomic E-state index is 12.7. The Hall–Kier alpha value is -1.06. The van der Waals surface area contributed by atoms with Crippen LogP contribution < -0.4 is 5.32 Å². The van der Waals surface area contributed by atoms with Gasteiger partial charge in [-0.1, -0.05) is 26.2 Å². The molecule has 1 aliphatic heterocycles. The lowest BCUT2D eigenvalue weighted by atomic mass is 9.82. The lowest BCUT2D eigenvalue weighted by Gasteiger charge is -2.41. The molecule has 2 saturated carbocycles. The second kappa shape index (κ2) is 4.80. The molecule has 0 radical (unpaired) electrons. The molecule has 4 atom stereocenters. The number of carbonyl (C=O) groups is 2.